The van der Waals surface area contributed by atoms with Crippen LogP contribution < -0.4 is 9.61 Å². The van der Waals surface area contributed by atoms with Crippen LogP contribution in [0.1, 0.15) is 48.0 Å². The molecule has 0 radical (unpaired) electrons. The van der Waals surface area contributed by atoms with Crippen molar-refractivity contribution in [1.82, 2.24) is 0 Å². The highest BCUT2D eigenvalue weighted by Crippen LogP contribution is 2.45. The lowest BCUT2D eigenvalue weighted by Crippen LogP contribution is -2.28. The largest absolute Gasteiger partial charge is 0.534 e. The van der Waals surface area contributed by atoms with Crippen molar-refractivity contribution < 1.29 is 57.3 Å². The van der Waals surface area contributed by atoms with Gasteiger partial charge in [0, 0.05) is 41.7 Å². The van der Waals surface area contributed by atoms with Gasteiger partial charge in [-0.15, -0.1) is 0 Å². The third-order valence-corrected chi connectivity index (χ3v) is 8.61. The minimum Gasteiger partial charge on any atom is -0.450 e. The number of fused-ring (bicyclic) bond motifs is 2. The van der Waals surface area contributed by atoms with E-state index in [2.05, 4.69) is 4.18 Å². The third kappa shape index (κ3) is 6.15. The lowest BCUT2D eigenvalue weighted by molar-refractivity contribution is -0.0501. The van der Waals surface area contributed by atoms with Gasteiger partial charge in [0.15, 0.2) is 28.8 Å². The Labute approximate surface area is 251 Å². The Bertz CT molecular complexity index is 1950. The summed E-state index contributed by atoms with van der Waals surface area (Å²) in [4.78, 5) is 24.9. The summed E-state index contributed by atoms with van der Waals surface area (Å²) in [6, 6.07) is 5.10. The van der Waals surface area contributed by atoms with Crippen molar-refractivity contribution in [3.05, 3.63) is 75.0 Å². The molecule has 0 aromatic heterocycles. The Morgan fingerprint density at radius 1 is 0.978 bits per heavy atom. The molecule has 1 saturated heterocycles. The zero-order chi connectivity index (χ0) is 32.8. The Kier molecular flexibility index (Phi) is 8.70. The fourth-order valence-corrected chi connectivity index (χ4v) is 5.82. The molecule has 0 saturated carbocycles. The third-order valence-electron chi connectivity index (χ3n) is 7.66. The first kappa shape index (κ1) is 32.4. The predicted octanol–water partition coefficient (Wildman–Crippen LogP) is 7.44. The monoisotopic (exact) mass is 660 g/mol. The highest BCUT2D eigenvalue weighted by molar-refractivity contribution is 7.88. The van der Waals surface area contributed by atoms with Gasteiger partial charge in [0.05, 0.1) is 0 Å². The van der Waals surface area contributed by atoms with Gasteiger partial charge in [-0.25, -0.2) is 8.78 Å². The smallest absolute Gasteiger partial charge is 0.450 e. The first-order valence-electron chi connectivity index (χ1n) is 13.6. The van der Waals surface area contributed by atoms with Crippen molar-refractivity contribution in [3.8, 4) is 28.2 Å². The number of halogens is 7. The molecule has 0 N–H and O–H groups in total. The number of benzene rings is 3. The number of ether oxygens (including phenoxy) is 1. The van der Waals surface area contributed by atoms with Crippen LogP contribution in [0.5, 0.6) is 5.75 Å². The van der Waals surface area contributed by atoms with E-state index in [1.54, 1.807) is 0 Å². The van der Waals surface area contributed by atoms with E-state index in [1.807, 2.05) is 0 Å². The summed E-state index contributed by atoms with van der Waals surface area (Å²) in [5, 5.41) is -0.592. The Morgan fingerprint density at radius 2 is 1.67 bits per heavy atom. The van der Waals surface area contributed by atoms with Crippen LogP contribution in [0.2, 0.25) is 0 Å². The molecule has 0 bridgehead atoms. The van der Waals surface area contributed by atoms with E-state index in [0.29, 0.717) is 37.7 Å². The lowest BCUT2D eigenvalue weighted by atomic mass is 9.89. The number of alkyl halides is 3. The van der Waals surface area contributed by atoms with Gasteiger partial charge in [-0.05, 0) is 67.9 Å². The van der Waals surface area contributed by atoms with Crippen LogP contribution in [-0.4, -0.2) is 32.9 Å². The first-order chi connectivity index (χ1) is 21.1. The molecule has 3 aliphatic rings. The molecule has 0 unspecified atom stereocenters. The van der Waals surface area contributed by atoms with Gasteiger partial charge in [-0.2, -0.15) is 30.4 Å². The van der Waals surface area contributed by atoms with Crippen molar-refractivity contribution in [2.45, 2.75) is 44.5 Å². The van der Waals surface area contributed by atoms with E-state index in [0.717, 1.165) is 19.3 Å². The minimum absolute atomic E-state index is 0.0624. The highest BCUT2D eigenvalue weighted by Gasteiger charge is 2.49. The molecule has 45 heavy (non-hydrogen) atoms. The van der Waals surface area contributed by atoms with Crippen LogP contribution in [0, 0.1) is 36.1 Å². The first-order valence-corrected chi connectivity index (χ1v) is 15.0. The molecule has 2 aliphatic heterocycles. The molecule has 0 spiro atoms. The van der Waals surface area contributed by atoms with Crippen molar-refractivity contribution in [2.75, 3.05) is 13.2 Å². The molecule has 2 heterocycles. The van der Waals surface area contributed by atoms with Crippen LogP contribution in [0.25, 0.3) is 33.4 Å². The maximum Gasteiger partial charge on any atom is 0.534 e. The maximum absolute atomic E-state index is 15.5. The average Bonchev–Trinajstić information content (AvgIpc) is 2.98. The minimum atomic E-state index is -6.56. The maximum atomic E-state index is 15.5. The van der Waals surface area contributed by atoms with Crippen LogP contribution in [0.15, 0.2) is 39.5 Å². The summed E-state index contributed by atoms with van der Waals surface area (Å²) in [5.41, 5.74) is -9.21. The van der Waals surface area contributed by atoms with E-state index in [-0.39, 0.29) is 34.5 Å². The van der Waals surface area contributed by atoms with Crippen LogP contribution >= 0.6 is 0 Å². The molecule has 7 nitrogen and oxygen atoms in total. The number of carbonyl (C=O) groups is 1. The molecule has 1 aliphatic carbocycles. The van der Waals surface area contributed by atoms with Crippen LogP contribution in [-0.2, 0) is 14.9 Å². The molecule has 5 rings (SSSR count). The van der Waals surface area contributed by atoms with Gasteiger partial charge in [0.25, 0.3) is 5.43 Å². The fourth-order valence-electron chi connectivity index (χ4n) is 5.36. The molecule has 0 atom stereocenters. The lowest BCUT2D eigenvalue weighted by Gasteiger charge is -2.21. The van der Waals surface area contributed by atoms with Crippen molar-refractivity contribution in [1.29, 1.82) is 0 Å². The molecular formula is C30H23F7O7S. The molecule has 2 aromatic carbocycles. The Hall–Kier alpha value is -3.98. The van der Waals surface area contributed by atoms with Crippen LogP contribution in [0.4, 0.5) is 30.7 Å². The molecule has 1 fully saturated rings. The number of hydrogen-bond acceptors (Lipinski definition) is 7. The number of Topliss-reactive ketones (excluding diaryl/α,β-unsaturated/α-hetero) is 1. The van der Waals surface area contributed by atoms with E-state index < -0.39 is 72.4 Å². The number of carbonyl (C=O) groups excluding carboxylic acids is 1. The van der Waals surface area contributed by atoms with Crippen molar-refractivity contribution >= 4 is 26.9 Å². The average molecular weight is 661 g/mol. The van der Waals surface area contributed by atoms with Crippen molar-refractivity contribution in [2.24, 2.45) is 5.92 Å². The van der Waals surface area contributed by atoms with Gasteiger partial charge < -0.3 is 13.3 Å². The number of rotatable bonds is 8. The normalized spacial score (nSPS) is 14.8. The van der Waals surface area contributed by atoms with Gasteiger partial charge in [0.2, 0.25) is 17.4 Å². The van der Waals surface area contributed by atoms with E-state index in [1.165, 1.54) is 25.1 Å². The second-order valence-corrected chi connectivity index (χ2v) is 12.2. The van der Waals surface area contributed by atoms with Gasteiger partial charge in [0.1, 0.15) is 0 Å². The van der Waals surface area contributed by atoms with E-state index >= 15 is 8.78 Å². The SMILES string of the molecule is Cc1cc(C(=O)CCCC2CCOCC2)ccc1-c1c2cc(F)c(=O)c(F)c-2oc2c(F)c(OS(=O)(=O)C(F)(F)F)c(F)cc12. The highest BCUT2D eigenvalue weighted by atomic mass is 32.2. The second-order valence-electron chi connectivity index (χ2n) is 10.6. The van der Waals surface area contributed by atoms with Crippen LogP contribution in [0.3, 0.4) is 0 Å². The zero-order valence-corrected chi connectivity index (χ0v) is 24.1. The van der Waals surface area contributed by atoms with Gasteiger partial charge >= 0.3 is 15.6 Å². The summed E-state index contributed by atoms with van der Waals surface area (Å²) >= 11 is 0. The molecule has 0 amide bonds. The standard InChI is InChI=1S/C30H23F7O7S/c1-14-11-16(22(38)4-2-3-15-7-9-42-10-8-15)5-6-17(14)23-18-12-20(31)26(39)24(33)27(18)43-28-19(23)13-21(32)29(25(28)34)44-45(40,41)30(35,36)37/h5-6,11-13,15H,2-4,7-10H2,1H3. The molecule has 15 heteroatoms. The molecule has 240 valence electrons. The summed E-state index contributed by atoms with van der Waals surface area (Å²) in [6.45, 7) is 2.84. The molecular weight excluding hydrogens is 637 g/mol. The van der Waals surface area contributed by atoms with Gasteiger partial charge in [-0.1, -0.05) is 12.1 Å². The summed E-state index contributed by atoms with van der Waals surface area (Å²) in [5.74, 6) is -10.3. The summed E-state index contributed by atoms with van der Waals surface area (Å²) < 4.78 is 136. The Balaban J connectivity index is 1.63. The van der Waals surface area contributed by atoms with E-state index in [4.69, 9.17) is 9.15 Å². The fraction of sp³-hybridized carbons (Fsp3) is 0.333. The van der Waals surface area contributed by atoms with Crippen molar-refractivity contribution in [3.63, 3.8) is 0 Å². The quantitative estimate of drug-likeness (QED) is 0.0637. The second kappa shape index (κ2) is 12.1. The predicted molar refractivity (Wildman–Crippen MR) is 146 cm³/mol. The number of hydrogen-bond donors (Lipinski definition) is 0. The Morgan fingerprint density at radius 3 is 2.31 bits per heavy atom. The zero-order valence-electron chi connectivity index (χ0n) is 23.3. The van der Waals surface area contributed by atoms with Gasteiger partial charge in [-0.3, -0.25) is 9.59 Å². The summed E-state index contributed by atoms with van der Waals surface area (Å²) in [7, 11) is -6.56. The number of ketones is 1. The van der Waals surface area contributed by atoms with E-state index in [9.17, 15) is 40.0 Å². The molecule has 2 aromatic rings. The topological polar surface area (TPSA) is 99.9 Å². The summed E-state index contributed by atoms with van der Waals surface area (Å²) in [6.07, 6.45) is 3.52. The number of aryl methyl sites for hydroxylation is 1.